The maximum absolute atomic E-state index is 4.21. The fourth-order valence-corrected chi connectivity index (χ4v) is 1.49. The number of aromatic nitrogens is 1. The lowest BCUT2D eigenvalue weighted by Crippen LogP contribution is -1.74. The van der Waals surface area contributed by atoms with Gasteiger partial charge in [-0.3, -0.25) is 4.98 Å². The highest BCUT2D eigenvalue weighted by molar-refractivity contribution is 5.51. The van der Waals surface area contributed by atoms with Gasteiger partial charge in [0.05, 0.1) is 5.69 Å². The fraction of sp³-hybridized carbons (Fsp3) is 0. The average molecular weight is 233 g/mol. The summed E-state index contributed by atoms with van der Waals surface area (Å²) in [5.41, 5.74) is 2.17. The highest BCUT2D eigenvalue weighted by Gasteiger charge is 1.81. The standard InChI is InChI=1S/C17H15N/c1(4-10-16-11-5-3-6-12-16)2-7-13-17-14-8-9-15-18-17/h1-15H/b2-1+,10-4-,13-7-. The van der Waals surface area contributed by atoms with Gasteiger partial charge >= 0.3 is 0 Å². The molecule has 0 unspecified atom stereocenters. The van der Waals surface area contributed by atoms with E-state index in [0.29, 0.717) is 0 Å². The molecule has 0 spiro atoms. The molecule has 0 saturated heterocycles. The molecule has 88 valence electrons. The molecule has 0 fully saturated rings. The Morgan fingerprint density at radius 3 is 2.11 bits per heavy atom. The van der Waals surface area contributed by atoms with Crippen LogP contribution in [-0.4, -0.2) is 4.98 Å². The van der Waals surface area contributed by atoms with Crippen molar-refractivity contribution in [3.05, 3.63) is 90.3 Å². The third-order valence-electron chi connectivity index (χ3n) is 2.38. The molecule has 2 aromatic rings. The van der Waals surface area contributed by atoms with E-state index in [1.54, 1.807) is 6.20 Å². The number of pyridine rings is 1. The van der Waals surface area contributed by atoms with Crippen LogP contribution in [0.3, 0.4) is 0 Å². The van der Waals surface area contributed by atoms with E-state index in [0.717, 1.165) is 5.69 Å². The van der Waals surface area contributed by atoms with Gasteiger partial charge in [-0.05, 0) is 23.8 Å². The Kier molecular flexibility index (Phi) is 4.70. The molecule has 1 aromatic heterocycles. The summed E-state index contributed by atoms with van der Waals surface area (Å²) in [7, 11) is 0. The van der Waals surface area contributed by atoms with Crippen LogP contribution < -0.4 is 0 Å². The Labute approximate surface area is 108 Å². The van der Waals surface area contributed by atoms with Crippen LogP contribution in [0.25, 0.3) is 12.2 Å². The molecule has 2 rings (SSSR count). The lowest BCUT2D eigenvalue weighted by atomic mass is 10.2. The SMILES string of the molecule is C(=C/c1ccccc1)/C=C/C=C\c1ccccn1. The van der Waals surface area contributed by atoms with Crippen LogP contribution in [0.2, 0.25) is 0 Å². The minimum absolute atomic E-state index is 0.967. The molecule has 1 nitrogen and oxygen atoms in total. The summed E-state index contributed by atoms with van der Waals surface area (Å²) in [6.07, 6.45) is 13.9. The Morgan fingerprint density at radius 1 is 0.667 bits per heavy atom. The molecule has 0 amide bonds. The summed E-state index contributed by atoms with van der Waals surface area (Å²) < 4.78 is 0. The summed E-state index contributed by atoms with van der Waals surface area (Å²) in [5.74, 6) is 0. The summed E-state index contributed by atoms with van der Waals surface area (Å²) in [5, 5.41) is 0. The largest absolute Gasteiger partial charge is 0.257 e. The van der Waals surface area contributed by atoms with E-state index in [9.17, 15) is 0 Å². The third kappa shape index (κ3) is 4.22. The van der Waals surface area contributed by atoms with Gasteiger partial charge in [-0.2, -0.15) is 0 Å². The number of hydrogen-bond acceptors (Lipinski definition) is 1. The molecular weight excluding hydrogens is 218 g/mol. The van der Waals surface area contributed by atoms with Crippen molar-refractivity contribution in [1.29, 1.82) is 0 Å². The quantitative estimate of drug-likeness (QED) is 0.715. The molecular formula is C17H15N. The van der Waals surface area contributed by atoms with Crippen LogP contribution in [0.5, 0.6) is 0 Å². The van der Waals surface area contributed by atoms with E-state index < -0.39 is 0 Å². The molecule has 0 atom stereocenters. The van der Waals surface area contributed by atoms with Crippen molar-refractivity contribution in [2.45, 2.75) is 0 Å². The first-order chi connectivity index (χ1) is 8.95. The molecule has 0 bridgehead atoms. The van der Waals surface area contributed by atoms with Crippen LogP contribution in [0, 0.1) is 0 Å². The van der Waals surface area contributed by atoms with E-state index in [2.05, 4.69) is 23.2 Å². The normalized spacial score (nSPS) is 11.8. The molecule has 0 aliphatic heterocycles. The number of hydrogen-bond donors (Lipinski definition) is 0. The number of allylic oxidation sites excluding steroid dienone is 4. The summed E-state index contributed by atoms with van der Waals surface area (Å²) >= 11 is 0. The minimum atomic E-state index is 0.967. The van der Waals surface area contributed by atoms with Gasteiger partial charge in [-0.1, -0.05) is 66.8 Å². The molecule has 18 heavy (non-hydrogen) atoms. The van der Waals surface area contributed by atoms with E-state index >= 15 is 0 Å². The van der Waals surface area contributed by atoms with Crippen LogP contribution in [0.4, 0.5) is 0 Å². The first kappa shape index (κ1) is 12.1. The average Bonchev–Trinajstić information content (AvgIpc) is 2.45. The van der Waals surface area contributed by atoms with Crippen molar-refractivity contribution in [1.82, 2.24) is 4.98 Å². The fourth-order valence-electron chi connectivity index (χ4n) is 1.49. The number of benzene rings is 1. The Hall–Kier alpha value is -2.41. The molecule has 0 radical (unpaired) electrons. The lowest BCUT2D eigenvalue weighted by molar-refractivity contribution is 1.30. The Balaban J connectivity index is 1.86. The molecule has 1 heteroatoms. The monoisotopic (exact) mass is 233 g/mol. The zero-order chi connectivity index (χ0) is 12.5. The molecule has 1 aromatic carbocycles. The second-order valence-corrected chi connectivity index (χ2v) is 3.77. The van der Waals surface area contributed by atoms with Crippen molar-refractivity contribution in [2.75, 3.05) is 0 Å². The maximum Gasteiger partial charge on any atom is 0.0629 e. The van der Waals surface area contributed by atoms with Crippen molar-refractivity contribution < 1.29 is 0 Å². The first-order valence-electron chi connectivity index (χ1n) is 5.93. The molecule has 0 N–H and O–H groups in total. The van der Waals surface area contributed by atoms with Gasteiger partial charge in [-0.15, -0.1) is 0 Å². The zero-order valence-electron chi connectivity index (χ0n) is 10.1. The summed E-state index contributed by atoms with van der Waals surface area (Å²) in [6, 6.07) is 16.1. The van der Waals surface area contributed by atoms with E-state index in [4.69, 9.17) is 0 Å². The smallest absolute Gasteiger partial charge is 0.0629 e. The Morgan fingerprint density at radius 2 is 1.39 bits per heavy atom. The number of nitrogens with zero attached hydrogens (tertiary/aromatic N) is 1. The molecule has 1 heterocycles. The second kappa shape index (κ2) is 7.02. The van der Waals surface area contributed by atoms with E-state index in [1.165, 1.54) is 5.56 Å². The predicted molar refractivity (Wildman–Crippen MR) is 77.9 cm³/mol. The highest BCUT2D eigenvalue weighted by atomic mass is 14.6. The third-order valence-corrected chi connectivity index (χ3v) is 2.38. The zero-order valence-corrected chi connectivity index (χ0v) is 10.1. The van der Waals surface area contributed by atoms with Gasteiger partial charge in [-0.25, -0.2) is 0 Å². The van der Waals surface area contributed by atoms with Crippen LogP contribution >= 0.6 is 0 Å². The molecule has 0 saturated carbocycles. The summed E-state index contributed by atoms with van der Waals surface area (Å²) in [6.45, 7) is 0. The molecule has 0 aliphatic carbocycles. The van der Waals surface area contributed by atoms with Gasteiger partial charge in [0, 0.05) is 6.20 Å². The van der Waals surface area contributed by atoms with Crippen molar-refractivity contribution in [3.8, 4) is 0 Å². The van der Waals surface area contributed by atoms with Crippen molar-refractivity contribution >= 4 is 12.2 Å². The van der Waals surface area contributed by atoms with Gasteiger partial charge in [0.15, 0.2) is 0 Å². The van der Waals surface area contributed by atoms with Gasteiger partial charge in [0.1, 0.15) is 0 Å². The Bertz CT molecular complexity index is 485. The predicted octanol–water partition coefficient (Wildman–Crippen LogP) is 4.36. The van der Waals surface area contributed by atoms with E-state index in [1.807, 2.05) is 66.8 Å². The minimum Gasteiger partial charge on any atom is -0.257 e. The van der Waals surface area contributed by atoms with Gasteiger partial charge in [0.25, 0.3) is 0 Å². The van der Waals surface area contributed by atoms with Crippen LogP contribution in [-0.2, 0) is 0 Å². The van der Waals surface area contributed by atoms with E-state index in [-0.39, 0.29) is 0 Å². The number of rotatable bonds is 4. The van der Waals surface area contributed by atoms with Crippen LogP contribution in [0.1, 0.15) is 11.3 Å². The highest BCUT2D eigenvalue weighted by Crippen LogP contribution is 2.01. The maximum atomic E-state index is 4.21. The van der Waals surface area contributed by atoms with Crippen molar-refractivity contribution in [3.63, 3.8) is 0 Å². The topological polar surface area (TPSA) is 12.9 Å². The molecule has 0 aliphatic rings. The van der Waals surface area contributed by atoms with Gasteiger partial charge < -0.3 is 0 Å². The second-order valence-electron chi connectivity index (χ2n) is 3.77. The van der Waals surface area contributed by atoms with Crippen LogP contribution in [0.15, 0.2) is 79.0 Å². The summed E-state index contributed by atoms with van der Waals surface area (Å²) in [4.78, 5) is 4.21. The van der Waals surface area contributed by atoms with Crippen molar-refractivity contribution in [2.24, 2.45) is 0 Å². The lowest BCUT2D eigenvalue weighted by Gasteiger charge is -1.88. The van der Waals surface area contributed by atoms with Gasteiger partial charge in [0.2, 0.25) is 0 Å². The first-order valence-corrected chi connectivity index (χ1v) is 5.93.